The highest BCUT2D eigenvalue weighted by molar-refractivity contribution is 7.21. The number of hydrogen-bond donors (Lipinski definition) is 1. The van der Waals surface area contributed by atoms with E-state index in [0.29, 0.717) is 10.6 Å². The molecule has 5 nitrogen and oxygen atoms in total. The Kier molecular flexibility index (Phi) is 5.01. The number of carbonyl (C=O) groups excluding carboxylic acids is 2. The van der Waals surface area contributed by atoms with Gasteiger partial charge in [-0.2, -0.15) is 0 Å². The Bertz CT molecular complexity index is 954. The number of aryl methyl sites for hydroxylation is 1. The van der Waals surface area contributed by atoms with Gasteiger partial charge < -0.3 is 10.1 Å². The van der Waals surface area contributed by atoms with Crippen LogP contribution in [0.5, 0.6) is 0 Å². The van der Waals surface area contributed by atoms with Crippen molar-refractivity contribution < 1.29 is 14.3 Å². The molecule has 0 saturated carbocycles. The summed E-state index contributed by atoms with van der Waals surface area (Å²) in [6, 6.07) is 11.0. The zero-order valence-electron chi connectivity index (χ0n) is 13.6. The highest BCUT2D eigenvalue weighted by Crippen LogP contribution is 2.31. The van der Waals surface area contributed by atoms with Crippen molar-refractivity contribution in [3.05, 3.63) is 58.2 Å². The van der Waals surface area contributed by atoms with Crippen LogP contribution in [-0.4, -0.2) is 23.0 Å². The van der Waals surface area contributed by atoms with E-state index in [1.165, 1.54) is 24.5 Å². The second-order valence-electron chi connectivity index (χ2n) is 5.43. The molecule has 0 aliphatic heterocycles. The normalized spacial score (nSPS) is 12.0. The van der Waals surface area contributed by atoms with Crippen LogP contribution in [0.25, 0.3) is 10.1 Å². The summed E-state index contributed by atoms with van der Waals surface area (Å²) in [6.07, 6.45) is 0.555. The van der Waals surface area contributed by atoms with Crippen molar-refractivity contribution in [1.82, 2.24) is 4.98 Å². The van der Waals surface area contributed by atoms with Gasteiger partial charge >= 0.3 is 5.97 Å². The fraction of sp³-hybridized carbons (Fsp3) is 0.167. The van der Waals surface area contributed by atoms with Crippen LogP contribution in [0.4, 0.5) is 5.69 Å². The van der Waals surface area contributed by atoms with Gasteiger partial charge in [0.2, 0.25) is 0 Å². The minimum Gasteiger partial charge on any atom is -0.448 e. The number of nitrogens with one attached hydrogen (secondary N) is 1. The molecular weight excluding hydrogens is 360 g/mol. The first-order valence-electron chi connectivity index (χ1n) is 7.58. The maximum Gasteiger partial charge on any atom is 0.349 e. The number of hydrogen-bond acceptors (Lipinski definition) is 5. The maximum atomic E-state index is 12.4. The number of anilines is 1. The fourth-order valence-electron chi connectivity index (χ4n) is 2.35. The first-order valence-corrected chi connectivity index (χ1v) is 8.77. The molecule has 0 spiro atoms. The summed E-state index contributed by atoms with van der Waals surface area (Å²) in [5, 5.41) is 3.79. The van der Waals surface area contributed by atoms with Gasteiger partial charge in [0.1, 0.15) is 4.88 Å². The molecule has 1 atom stereocenters. The molecule has 0 bridgehead atoms. The topological polar surface area (TPSA) is 68.3 Å². The molecule has 1 aromatic carbocycles. The van der Waals surface area contributed by atoms with E-state index in [9.17, 15) is 9.59 Å². The lowest BCUT2D eigenvalue weighted by molar-refractivity contribution is -0.123. The van der Waals surface area contributed by atoms with Crippen molar-refractivity contribution in [1.29, 1.82) is 0 Å². The van der Waals surface area contributed by atoms with Crippen LogP contribution in [0.2, 0.25) is 5.15 Å². The highest BCUT2D eigenvalue weighted by Gasteiger charge is 2.23. The van der Waals surface area contributed by atoms with E-state index in [1.807, 2.05) is 31.2 Å². The van der Waals surface area contributed by atoms with Gasteiger partial charge in [-0.3, -0.25) is 4.79 Å². The smallest absolute Gasteiger partial charge is 0.349 e. The third-order valence-electron chi connectivity index (χ3n) is 3.70. The Morgan fingerprint density at radius 3 is 2.72 bits per heavy atom. The number of thiophene rings is 1. The molecule has 1 amide bonds. The number of esters is 1. The van der Waals surface area contributed by atoms with E-state index in [4.69, 9.17) is 16.3 Å². The predicted octanol–water partition coefficient (Wildman–Crippen LogP) is 4.44. The largest absolute Gasteiger partial charge is 0.448 e. The van der Waals surface area contributed by atoms with Gasteiger partial charge in [0.05, 0.1) is 5.69 Å². The van der Waals surface area contributed by atoms with Crippen LogP contribution < -0.4 is 5.32 Å². The van der Waals surface area contributed by atoms with Gasteiger partial charge in [-0.15, -0.1) is 11.3 Å². The van der Waals surface area contributed by atoms with E-state index in [-0.39, 0.29) is 5.15 Å². The summed E-state index contributed by atoms with van der Waals surface area (Å²) < 4.78 is 6.32. The monoisotopic (exact) mass is 374 g/mol. The van der Waals surface area contributed by atoms with Crippen molar-refractivity contribution >= 4 is 50.6 Å². The molecule has 25 heavy (non-hydrogen) atoms. The highest BCUT2D eigenvalue weighted by atomic mass is 35.5. The van der Waals surface area contributed by atoms with Crippen LogP contribution in [0.3, 0.4) is 0 Å². The van der Waals surface area contributed by atoms with E-state index < -0.39 is 18.0 Å². The number of benzene rings is 1. The van der Waals surface area contributed by atoms with Crippen LogP contribution in [0.1, 0.15) is 22.2 Å². The van der Waals surface area contributed by atoms with Crippen LogP contribution in [-0.2, 0) is 9.53 Å². The minimum absolute atomic E-state index is 0.176. The van der Waals surface area contributed by atoms with Crippen LogP contribution in [0, 0.1) is 6.92 Å². The average molecular weight is 375 g/mol. The van der Waals surface area contributed by atoms with Gasteiger partial charge in [-0.1, -0.05) is 29.8 Å². The number of halogens is 1. The predicted molar refractivity (Wildman–Crippen MR) is 99.3 cm³/mol. The lowest BCUT2D eigenvalue weighted by Crippen LogP contribution is -2.30. The van der Waals surface area contributed by atoms with Gasteiger partial charge in [0, 0.05) is 10.9 Å². The van der Waals surface area contributed by atoms with Gasteiger partial charge in [0.15, 0.2) is 11.3 Å². The summed E-state index contributed by atoms with van der Waals surface area (Å²) in [4.78, 5) is 29.0. The van der Waals surface area contributed by atoms with E-state index in [2.05, 4.69) is 10.3 Å². The third-order valence-corrected chi connectivity index (χ3v) is 5.25. The standard InChI is InChI=1S/C18H15ClN2O3S/c1-10-12-6-3-4-8-14(12)25-15(10)18(23)24-11(2)17(22)21-13-7-5-9-20-16(13)19/h3-9,11H,1-2H3,(H,21,22). The van der Waals surface area contributed by atoms with Gasteiger partial charge in [-0.25, -0.2) is 9.78 Å². The molecule has 2 aromatic heterocycles. The molecule has 0 aliphatic carbocycles. The Balaban J connectivity index is 1.72. The summed E-state index contributed by atoms with van der Waals surface area (Å²) in [7, 11) is 0. The fourth-order valence-corrected chi connectivity index (χ4v) is 3.61. The molecule has 7 heteroatoms. The number of carbonyl (C=O) groups is 2. The third kappa shape index (κ3) is 3.65. The zero-order valence-corrected chi connectivity index (χ0v) is 15.1. The van der Waals surface area contributed by atoms with Crippen molar-refractivity contribution in [2.45, 2.75) is 20.0 Å². The van der Waals surface area contributed by atoms with Crippen molar-refractivity contribution in [3.8, 4) is 0 Å². The number of pyridine rings is 1. The average Bonchev–Trinajstić information content (AvgIpc) is 2.94. The quantitative estimate of drug-likeness (QED) is 0.541. The number of aromatic nitrogens is 1. The molecular formula is C18H15ClN2O3S. The molecule has 3 aromatic rings. The summed E-state index contributed by atoms with van der Waals surface area (Å²) in [6.45, 7) is 3.38. The summed E-state index contributed by atoms with van der Waals surface area (Å²) in [5.41, 5.74) is 1.23. The number of ether oxygens (including phenoxy) is 1. The first-order chi connectivity index (χ1) is 12.0. The van der Waals surface area contributed by atoms with E-state index >= 15 is 0 Å². The molecule has 0 aliphatic rings. The number of fused-ring (bicyclic) bond motifs is 1. The second-order valence-corrected chi connectivity index (χ2v) is 6.84. The minimum atomic E-state index is -0.964. The van der Waals surface area contributed by atoms with Crippen LogP contribution in [0.15, 0.2) is 42.6 Å². The molecule has 0 radical (unpaired) electrons. The summed E-state index contributed by atoms with van der Waals surface area (Å²) >= 11 is 7.26. The maximum absolute atomic E-state index is 12.4. The van der Waals surface area contributed by atoms with Crippen molar-refractivity contribution in [2.24, 2.45) is 0 Å². The molecule has 0 saturated heterocycles. The van der Waals surface area contributed by atoms with E-state index in [0.717, 1.165) is 15.6 Å². The van der Waals surface area contributed by atoms with Crippen molar-refractivity contribution in [3.63, 3.8) is 0 Å². The lowest BCUT2D eigenvalue weighted by atomic mass is 10.1. The number of amides is 1. The van der Waals surface area contributed by atoms with Gasteiger partial charge in [-0.05, 0) is 43.0 Å². The Labute approximate surface area is 153 Å². The molecule has 1 N–H and O–H groups in total. The molecule has 3 rings (SSSR count). The second kappa shape index (κ2) is 7.21. The molecule has 2 heterocycles. The number of nitrogens with zero attached hydrogens (tertiary/aromatic N) is 1. The SMILES string of the molecule is Cc1c(C(=O)OC(C)C(=O)Nc2cccnc2Cl)sc2ccccc12. The first kappa shape index (κ1) is 17.4. The Morgan fingerprint density at radius 1 is 1.24 bits per heavy atom. The molecule has 1 unspecified atom stereocenters. The summed E-state index contributed by atoms with van der Waals surface area (Å²) in [5.74, 6) is -0.986. The molecule has 0 fully saturated rings. The van der Waals surface area contributed by atoms with Crippen LogP contribution >= 0.6 is 22.9 Å². The lowest BCUT2D eigenvalue weighted by Gasteiger charge is -2.13. The van der Waals surface area contributed by atoms with Gasteiger partial charge in [0.25, 0.3) is 5.91 Å². The number of rotatable bonds is 4. The van der Waals surface area contributed by atoms with E-state index in [1.54, 1.807) is 12.1 Å². The zero-order chi connectivity index (χ0) is 18.0. The Hall–Kier alpha value is -2.44. The Morgan fingerprint density at radius 2 is 2.00 bits per heavy atom. The molecule has 128 valence electrons. The van der Waals surface area contributed by atoms with Crippen molar-refractivity contribution in [2.75, 3.05) is 5.32 Å².